The van der Waals surface area contributed by atoms with Gasteiger partial charge in [-0.3, -0.25) is 4.79 Å². The zero-order valence-corrected chi connectivity index (χ0v) is 42.9. The van der Waals surface area contributed by atoms with Crippen molar-refractivity contribution < 1.29 is 20.1 Å². The highest BCUT2D eigenvalue weighted by Gasteiger charge is 2.20. The summed E-state index contributed by atoms with van der Waals surface area (Å²) in [6.07, 6.45) is 71.6. The van der Waals surface area contributed by atoms with E-state index in [4.69, 9.17) is 0 Å². The second-order valence-corrected chi connectivity index (χ2v) is 19.5. The van der Waals surface area contributed by atoms with E-state index in [2.05, 4.69) is 55.6 Å². The van der Waals surface area contributed by atoms with E-state index in [1.807, 2.05) is 6.08 Å². The van der Waals surface area contributed by atoms with Gasteiger partial charge in [-0.05, 0) is 64.2 Å². The van der Waals surface area contributed by atoms with E-state index in [0.29, 0.717) is 6.42 Å². The van der Waals surface area contributed by atoms with E-state index >= 15 is 0 Å². The van der Waals surface area contributed by atoms with Crippen molar-refractivity contribution in [3.63, 3.8) is 0 Å². The summed E-state index contributed by atoms with van der Waals surface area (Å²) in [4.78, 5) is 12.5. The molecular formula is C59H111NO4. The maximum atomic E-state index is 12.5. The summed E-state index contributed by atoms with van der Waals surface area (Å²) >= 11 is 0. The number of allylic oxidation sites excluding steroid dienone is 7. The third-order valence-electron chi connectivity index (χ3n) is 13.1. The van der Waals surface area contributed by atoms with Crippen molar-refractivity contribution >= 4 is 5.91 Å². The van der Waals surface area contributed by atoms with E-state index < -0.39 is 18.2 Å². The molecule has 0 saturated carbocycles. The summed E-state index contributed by atoms with van der Waals surface area (Å²) in [6.45, 7) is 4.23. The molecule has 0 aromatic carbocycles. The van der Waals surface area contributed by atoms with Gasteiger partial charge in [-0.25, -0.2) is 0 Å². The molecular weight excluding hydrogens is 787 g/mol. The Morgan fingerprint density at radius 1 is 0.406 bits per heavy atom. The quantitative estimate of drug-likeness (QED) is 0.0362. The zero-order chi connectivity index (χ0) is 46.5. The molecule has 0 aromatic rings. The highest BCUT2D eigenvalue weighted by atomic mass is 16.3. The van der Waals surface area contributed by atoms with Crippen molar-refractivity contribution in [1.29, 1.82) is 0 Å². The molecule has 0 radical (unpaired) electrons. The molecule has 0 aliphatic heterocycles. The van der Waals surface area contributed by atoms with Crippen LogP contribution in [0, 0.1) is 0 Å². The zero-order valence-electron chi connectivity index (χ0n) is 42.9. The molecule has 5 heteroatoms. The lowest BCUT2D eigenvalue weighted by Crippen LogP contribution is -2.45. The van der Waals surface area contributed by atoms with Gasteiger partial charge in [-0.1, -0.05) is 274 Å². The molecule has 0 rings (SSSR count). The van der Waals surface area contributed by atoms with E-state index in [0.717, 1.165) is 38.5 Å². The number of amides is 1. The lowest BCUT2D eigenvalue weighted by molar-refractivity contribution is -0.124. The van der Waals surface area contributed by atoms with Crippen LogP contribution in [0.2, 0.25) is 0 Å². The van der Waals surface area contributed by atoms with E-state index in [1.165, 1.54) is 231 Å². The number of aliphatic hydroxyl groups is 3. The number of unbranched alkanes of at least 4 members (excludes halogenated alkanes) is 37. The Morgan fingerprint density at radius 2 is 0.719 bits per heavy atom. The van der Waals surface area contributed by atoms with Gasteiger partial charge in [-0.15, -0.1) is 0 Å². The Labute approximate surface area is 399 Å². The Bertz CT molecular complexity index is 1040. The number of aliphatic hydroxyl groups excluding tert-OH is 3. The minimum absolute atomic E-state index is 0.00420. The highest BCUT2D eigenvalue weighted by Crippen LogP contribution is 2.17. The first-order valence-corrected chi connectivity index (χ1v) is 28.4. The maximum Gasteiger partial charge on any atom is 0.222 e. The van der Waals surface area contributed by atoms with E-state index in [-0.39, 0.29) is 18.9 Å². The SMILES string of the molecule is CCCCCCCCCCC/C=C\C/C=C\CCCCCCCCCCCCCC(O)CC(=O)NC(CO)C(O)/C=C/CC/C=C/CCCCCCCCCCCCCCCCCC. The number of carbonyl (C=O) groups excluding carboxylic acids is 1. The van der Waals surface area contributed by atoms with Crippen LogP contribution in [0.25, 0.3) is 0 Å². The van der Waals surface area contributed by atoms with Crippen LogP contribution in [0.15, 0.2) is 48.6 Å². The molecule has 0 aromatic heterocycles. The fraction of sp³-hybridized carbons (Fsp3) is 0.847. The van der Waals surface area contributed by atoms with Gasteiger partial charge in [0.15, 0.2) is 0 Å². The molecule has 0 spiro atoms. The van der Waals surface area contributed by atoms with Crippen LogP contribution in [0.5, 0.6) is 0 Å². The van der Waals surface area contributed by atoms with E-state index in [9.17, 15) is 20.1 Å². The minimum atomic E-state index is -0.954. The fourth-order valence-corrected chi connectivity index (χ4v) is 8.74. The average Bonchev–Trinajstić information content (AvgIpc) is 3.29. The topological polar surface area (TPSA) is 89.8 Å². The summed E-state index contributed by atoms with van der Waals surface area (Å²) in [7, 11) is 0. The minimum Gasteiger partial charge on any atom is -0.394 e. The second kappa shape index (κ2) is 53.9. The Morgan fingerprint density at radius 3 is 1.09 bits per heavy atom. The number of rotatable bonds is 52. The lowest BCUT2D eigenvalue weighted by atomic mass is 10.0. The molecule has 376 valence electrons. The van der Waals surface area contributed by atoms with Crippen LogP contribution in [0.3, 0.4) is 0 Å². The summed E-state index contributed by atoms with van der Waals surface area (Å²) in [6, 6.07) is -0.764. The molecule has 64 heavy (non-hydrogen) atoms. The summed E-state index contributed by atoms with van der Waals surface area (Å²) in [5.41, 5.74) is 0. The van der Waals surface area contributed by atoms with Crippen LogP contribution in [-0.4, -0.2) is 46.1 Å². The van der Waals surface area contributed by atoms with Gasteiger partial charge in [0.1, 0.15) is 0 Å². The molecule has 5 nitrogen and oxygen atoms in total. The molecule has 1 amide bonds. The molecule has 3 unspecified atom stereocenters. The van der Waals surface area contributed by atoms with Gasteiger partial charge in [0, 0.05) is 0 Å². The van der Waals surface area contributed by atoms with Gasteiger partial charge in [0.2, 0.25) is 5.91 Å². The standard InChI is InChI=1S/C59H111NO4/c1-3-5-7-9-11-13-15-17-19-21-23-25-27-28-29-30-31-32-34-36-38-40-42-44-46-48-50-52-56(62)54-59(64)60-57(55-61)58(63)53-51-49-47-45-43-41-39-37-35-33-26-24-22-20-18-16-14-12-10-8-6-4-2/h23,25,28-29,43,45,51,53,56-58,61-63H,3-22,24,26-27,30-42,44,46-50,52,54-55H2,1-2H3,(H,60,64)/b25-23-,29-28-,45-43+,53-51+. The molecule has 4 N–H and O–H groups in total. The fourth-order valence-electron chi connectivity index (χ4n) is 8.74. The van der Waals surface area contributed by atoms with Crippen LogP contribution < -0.4 is 5.32 Å². The third kappa shape index (κ3) is 49.7. The largest absolute Gasteiger partial charge is 0.394 e. The third-order valence-corrected chi connectivity index (χ3v) is 13.1. The second-order valence-electron chi connectivity index (χ2n) is 19.5. The number of carbonyl (C=O) groups is 1. The molecule has 0 fully saturated rings. The van der Waals surface area contributed by atoms with Crippen LogP contribution >= 0.6 is 0 Å². The molecule has 0 bridgehead atoms. The molecule has 0 heterocycles. The smallest absolute Gasteiger partial charge is 0.222 e. The van der Waals surface area contributed by atoms with E-state index in [1.54, 1.807) is 6.08 Å². The summed E-state index contributed by atoms with van der Waals surface area (Å²) < 4.78 is 0. The van der Waals surface area contributed by atoms with Gasteiger partial charge >= 0.3 is 0 Å². The first kappa shape index (κ1) is 62.3. The Kier molecular flexibility index (Phi) is 52.5. The van der Waals surface area contributed by atoms with Crippen LogP contribution in [-0.2, 0) is 4.79 Å². The molecule has 0 saturated heterocycles. The monoisotopic (exact) mass is 898 g/mol. The number of hydrogen-bond acceptors (Lipinski definition) is 4. The summed E-state index contributed by atoms with van der Waals surface area (Å²) in [5.74, 6) is -0.324. The van der Waals surface area contributed by atoms with Crippen molar-refractivity contribution in [1.82, 2.24) is 5.32 Å². The van der Waals surface area contributed by atoms with Crippen molar-refractivity contribution in [3.8, 4) is 0 Å². The Balaban J connectivity index is 3.61. The number of nitrogens with one attached hydrogen (secondary N) is 1. The van der Waals surface area contributed by atoms with Gasteiger partial charge in [0.25, 0.3) is 0 Å². The molecule has 3 atom stereocenters. The first-order chi connectivity index (χ1) is 31.5. The van der Waals surface area contributed by atoms with Crippen molar-refractivity contribution in [2.24, 2.45) is 0 Å². The van der Waals surface area contributed by atoms with Gasteiger partial charge < -0.3 is 20.6 Å². The summed E-state index contributed by atoms with van der Waals surface area (Å²) in [5, 5.41) is 33.4. The predicted molar refractivity (Wildman–Crippen MR) is 282 cm³/mol. The normalized spacial score (nSPS) is 13.6. The molecule has 0 aliphatic rings. The van der Waals surface area contributed by atoms with Crippen molar-refractivity contribution in [2.75, 3.05) is 6.61 Å². The maximum absolute atomic E-state index is 12.5. The average molecular weight is 899 g/mol. The number of hydrogen-bond donors (Lipinski definition) is 4. The Hall–Kier alpha value is -1.69. The highest BCUT2D eigenvalue weighted by molar-refractivity contribution is 5.76. The first-order valence-electron chi connectivity index (χ1n) is 28.4. The van der Waals surface area contributed by atoms with Gasteiger partial charge in [-0.2, -0.15) is 0 Å². The van der Waals surface area contributed by atoms with Gasteiger partial charge in [0.05, 0.1) is 31.3 Å². The predicted octanol–water partition coefficient (Wildman–Crippen LogP) is 17.6. The van der Waals surface area contributed by atoms with Crippen LogP contribution in [0.4, 0.5) is 0 Å². The molecule has 0 aliphatic carbocycles. The lowest BCUT2D eigenvalue weighted by Gasteiger charge is -2.21. The van der Waals surface area contributed by atoms with Crippen molar-refractivity contribution in [2.45, 2.75) is 315 Å². The van der Waals surface area contributed by atoms with Crippen LogP contribution in [0.1, 0.15) is 296 Å². The van der Waals surface area contributed by atoms with Crippen molar-refractivity contribution in [3.05, 3.63) is 48.6 Å².